The zero-order chi connectivity index (χ0) is 22.8. The van der Waals surface area contributed by atoms with Crippen molar-refractivity contribution in [2.45, 2.75) is 72.0 Å². The molecule has 0 aromatic heterocycles. The highest BCUT2D eigenvalue weighted by molar-refractivity contribution is 6.53. The maximum atomic E-state index is 6.33. The maximum absolute atomic E-state index is 6.33. The zero-order valence-corrected chi connectivity index (χ0v) is 20.4. The van der Waals surface area contributed by atoms with E-state index in [0.29, 0.717) is 0 Å². The Kier molecular flexibility index (Phi) is 5.15. The van der Waals surface area contributed by atoms with E-state index in [1.165, 1.54) is 43.4 Å². The van der Waals surface area contributed by atoms with Crippen molar-refractivity contribution in [3.8, 4) is 0 Å². The Balaban J connectivity index is 1.90. The second-order valence-corrected chi connectivity index (χ2v) is 10.9. The SMILES string of the molecule is COC(C)(C)C(C)(C)O[B]c1cc(C)c2ccc3cc(C(C)(C)C)cc4ccc1c2c34. The number of methoxy groups -OCH3 is 1. The fraction of sp³-hybridized carbons (Fsp3) is 0.429. The fourth-order valence-electron chi connectivity index (χ4n) is 4.25. The van der Waals surface area contributed by atoms with Gasteiger partial charge >= 0.3 is 7.48 Å². The third-order valence-electron chi connectivity index (χ3n) is 7.26. The van der Waals surface area contributed by atoms with Crippen molar-refractivity contribution in [2.75, 3.05) is 7.11 Å². The lowest BCUT2D eigenvalue weighted by molar-refractivity contribution is -0.114. The summed E-state index contributed by atoms with van der Waals surface area (Å²) in [4.78, 5) is 0. The molecule has 4 aromatic carbocycles. The molecule has 1 radical (unpaired) electrons. The summed E-state index contributed by atoms with van der Waals surface area (Å²) in [6, 6.07) is 16.0. The van der Waals surface area contributed by atoms with Gasteiger partial charge in [-0.3, -0.25) is 0 Å². The summed E-state index contributed by atoms with van der Waals surface area (Å²) >= 11 is 0. The lowest BCUT2D eigenvalue weighted by Crippen LogP contribution is -2.50. The van der Waals surface area contributed by atoms with Gasteiger partial charge in [-0.15, -0.1) is 0 Å². The average Bonchev–Trinajstić information content (AvgIpc) is 2.70. The van der Waals surface area contributed by atoms with Crippen LogP contribution in [0.4, 0.5) is 0 Å². The second kappa shape index (κ2) is 7.22. The summed E-state index contributed by atoms with van der Waals surface area (Å²) in [6.07, 6.45) is 0. The lowest BCUT2D eigenvalue weighted by Gasteiger charge is -2.40. The summed E-state index contributed by atoms with van der Waals surface area (Å²) in [6.45, 7) is 17.3. The molecule has 0 aliphatic carbocycles. The predicted octanol–water partition coefficient (Wildman–Crippen LogP) is 6.65. The number of aryl methyl sites for hydroxylation is 1. The van der Waals surface area contributed by atoms with Gasteiger partial charge in [0.25, 0.3) is 0 Å². The molecule has 0 saturated heterocycles. The van der Waals surface area contributed by atoms with Crippen LogP contribution in [0.2, 0.25) is 0 Å². The molecule has 0 atom stereocenters. The molecule has 0 spiro atoms. The third kappa shape index (κ3) is 3.62. The van der Waals surface area contributed by atoms with Crippen molar-refractivity contribution in [3.63, 3.8) is 0 Å². The van der Waals surface area contributed by atoms with E-state index in [9.17, 15) is 0 Å². The van der Waals surface area contributed by atoms with Gasteiger partial charge in [0.15, 0.2) is 0 Å². The van der Waals surface area contributed by atoms with Crippen molar-refractivity contribution in [1.29, 1.82) is 0 Å². The quantitative estimate of drug-likeness (QED) is 0.269. The van der Waals surface area contributed by atoms with Gasteiger partial charge in [0.2, 0.25) is 0 Å². The summed E-state index contributed by atoms with van der Waals surface area (Å²) in [5.74, 6) is 0. The lowest BCUT2D eigenvalue weighted by atomic mass is 9.77. The van der Waals surface area contributed by atoms with Gasteiger partial charge in [-0.25, -0.2) is 0 Å². The Bertz CT molecular complexity index is 1240. The normalized spacial score (nSPS) is 13.6. The first kappa shape index (κ1) is 22.1. The molecule has 0 unspecified atom stereocenters. The van der Waals surface area contributed by atoms with Crippen LogP contribution in [-0.2, 0) is 14.8 Å². The first-order valence-electron chi connectivity index (χ1n) is 11.1. The standard InChI is InChI=1S/C28H34BO2/c1-17-14-23(29-31-28(7,8)27(5,6)30-9)22-13-11-19-16-20(26(2,3)4)15-18-10-12-21(17)25(22)24(18)19/h10-16H,1-9H3. The summed E-state index contributed by atoms with van der Waals surface area (Å²) in [7, 11) is 3.65. The molecular formula is C28H34BO2. The number of rotatable bonds is 5. The van der Waals surface area contributed by atoms with Crippen LogP contribution >= 0.6 is 0 Å². The van der Waals surface area contributed by atoms with E-state index in [4.69, 9.17) is 9.39 Å². The molecule has 0 aliphatic rings. The smallest absolute Gasteiger partial charge is 0.331 e. The van der Waals surface area contributed by atoms with E-state index < -0.39 is 11.2 Å². The summed E-state index contributed by atoms with van der Waals surface area (Å²) in [5, 5.41) is 7.82. The molecule has 0 amide bonds. The van der Waals surface area contributed by atoms with Gasteiger partial charge in [-0.1, -0.05) is 63.2 Å². The molecule has 0 heterocycles. The van der Waals surface area contributed by atoms with E-state index in [-0.39, 0.29) is 5.41 Å². The number of hydrogen-bond donors (Lipinski definition) is 0. The van der Waals surface area contributed by atoms with Crippen molar-refractivity contribution < 1.29 is 9.39 Å². The van der Waals surface area contributed by atoms with Crippen LogP contribution in [0.5, 0.6) is 0 Å². The number of benzene rings is 4. The van der Waals surface area contributed by atoms with Gasteiger partial charge in [0.1, 0.15) is 0 Å². The van der Waals surface area contributed by atoms with E-state index in [2.05, 4.69) is 97.9 Å². The largest absolute Gasteiger partial charge is 0.427 e. The molecule has 4 aromatic rings. The van der Waals surface area contributed by atoms with Crippen molar-refractivity contribution in [2.24, 2.45) is 0 Å². The van der Waals surface area contributed by atoms with Crippen molar-refractivity contribution >= 4 is 45.3 Å². The summed E-state index contributed by atoms with van der Waals surface area (Å²) in [5.41, 5.74) is 2.98. The van der Waals surface area contributed by atoms with Crippen LogP contribution in [0, 0.1) is 6.92 Å². The molecule has 0 fully saturated rings. The van der Waals surface area contributed by atoms with Crippen LogP contribution in [0.25, 0.3) is 32.3 Å². The Morgan fingerprint density at radius 1 is 0.710 bits per heavy atom. The molecule has 0 aliphatic heterocycles. The number of hydrogen-bond acceptors (Lipinski definition) is 2. The van der Waals surface area contributed by atoms with Crippen LogP contribution < -0.4 is 5.46 Å². The topological polar surface area (TPSA) is 18.5 Å². The molecular weight excluding hydrogens is 379 g/mol. The first-order chi connectivity index (χ1) is 14.4. The van der Waals surface area contributed by atoms with Crippen LogP contribution in [0.15, 0.2) is 42.5 Å². The van der Waals surface area contributed by atoms with Crippen molar-refractivity contribution in [3.05, 3.63) is 53.6 Å². The minimum absolute atomic E-state index is 0.118. The molecule has 4 rings (SSSR count). The molecule has 0 N–H and O–H groups in total. The first-order valence-corrected chi connectivity index (χ1v) is 11.1. The Morgan fingerprint density at radius 2 is 1.29 bits per heavy atom. The van der Waals surface area contributed by atoms with E-state index in [1.54, 1.807) is 7.11 Å². The molecule has 3 heteroatoms. The van der Waals surface area contributed by atoms with Crippen molar-refractivity contribution in [1.82, 2.24) is 0 Å². The average molecular weight is 413 g/mol. The van der Waals surface area contributed by atoms with E-state index in [0.717, 1.165) is 5.46 Å². The molecule has 31 heavy (non-hydrogen) atoms. The van der Waals surface area contributed by atoms with Gasteiger partial charge in [0.05, 0.1) is 11.2 Å². The monoisotopic (exact) mass is 413 g/mol. The predicted molar refractivity (Wildman–Crippen MR) is 135 cm³/mol. The highest BCUT2D eigenvalue weighted by Gasteiger charge is 2.38. The maximum Gasteiger partial charge on any atom is 0.331 e. The van der Waals surface area contributed by atoms with E-state index in [1.807, 2.05) is 7.48 Å². The Morgan fingerprint density at radius 3 is 1.84 bits per heavy atom. The van der Waals surface area contributed by atoms with Gasteiger partial charge in [-0.2, -0.15) is 0 Å². The summed E-state index contributed by atoms with van der Waals surface area (Å²) < 4.78 is 12.0. The molecule has 0 bridgehead atoms. The molecule has 0 saturated carbocycles. The van der Waals surface area contributed by atoms with Crippen LogP contribution in [0.3, 0.4) is 0 Å². The van der Waals surface area contributed by atoms with Crippen LogP contribution in [0.1, 0.15) is 59.6 Å². The number of ether oxygens (including phenoxy) is 1. The molecule has 161 valence electrons. The van der Waals surface area contributed by atoms with Gasteiger partial charge < -0.3 is 9.39 Å². The molecule has 2 nitrogen and oxygen atoms in total. The van der Waals surface area contributed by atoms with Gasteiger partial charge in [-0.05, 0) is 88.9 Å². The minimum Gasteiger partial charge on any atom is -0.427 e. The second-order valence-electron chi connectivity index (χ2n) is 10.9. The highest BCUT2D eigenvalue weighted by atomic mass is 16.5. The Labute approximate surface area is 187 Å². The van der Waals surface area contributed by atoms with E-state index >= 15 is 0 Å². The third-order valence-corrected chi connectivity index (χ3v) is 7.26. The van der Waals surface area contributed by atoms with Crippen LogP contribution in [-0.4, -0.2) is 25.8 Å². The van der Waals surface area contributed by atoms with Gasteiger partial charge in [0, 0.05) is 7.11 Å². The Hall–Kier alpha value is -2.10. The highest BCUT2D eigenvalue weighted by Crippen LogP contribution is 2.38. The minimum atomic E-state index is -0.471. The fourth-order valence-corrected chi connectivity index (χ4v) is 4.25. The zero-order valence-electron chi connectivity index (χ0n) is 20.4.